The van der Waals surface area contributed by atoms with Crippen LogP contribution in [0.5, 0.6) is 0 Å². The van der Waals surface area contributed by atoms with Crippen molar-refractivity contribution in [3.63, 3.8) is 0 Å². The van der Waals surface area contributed by atoms with Crippen LogP contribution < -0.4 is 91.6 Å². The van der Waals surface area contributed by atoms with Gasteiger partial charge >= 0.3 is 5.97 Å². The fourth-order valence-electron chi connectivity index (χ4n) is 16.6. The number of amides is 16. The standard InChI is InChI=1S/C74H120N18O19S3/c1-37(2)26-49-66(103)82-47(21-22-59(75)95)63(100)84-51(28-41-32-78-45-18-11-9-16-43(41)45)68(105)86-53(30-60(76)96)69(106)91-57(74(111)92-24-13-20-58(92)73(110)88-50(27-40-14-7-6-8-15-40)65(102)80-38(3)62(77)99)36-114-113-35-56(72(109)85-52(67(104)83-49)29-42-33-79-46-19-12-10-17-44(42)46)90-70(107)54(31-61(97)98)87-71(108)55(34-93)89-64(101)48(23-25-112-5)81-39(4)94/h37-38,40-58,78-79,93H,6-36H2,1-5H3,(H2,75,95)(H2,76,96)(H2,77,99)(H,80,102)(H,81,94)(H,82,103)(H,83,104)(H,84,100)(H,85,109)(H,86,105)(H,87,108)(H,88,110)(H,89,101)(H,90,107)(H,91,106)(H,97,98)/t38-,41?,42?,43?,44?,45?,46?,47+,48+,49+,50+,51+,52+,53+,54+,55+,56+,57+,58+/m1/s1. The monoisotopic (exact) mass is 1660 g/mol. The van der Waals surface area contributed by atoms with E-state index in [2.05, 4.69) is 74.4 Å². The Morgan fingerprint density at radius 1 is 0.553 bits per heavy atom. The number of hydrogen-bond acceptors (Lipinski definition) is 23. The zero-order chi connectivity index (χ0) is 83.5. The highest BCUT2D eigenvalue weighted by Gasteiger charge is 2.46. The number of nitrogens with one attached hydrogen (secondary N) is 14. The molecule has 0 radical (unpaired) electrons. The highest BCUT2D eigenvalue weighted by Crippen LogP contribution is 2.39. The topological polar surface area (TPSA) is 580 Å². The summed E-state index contributed by atoms with van der Waals surface area (Å²) in [6.45, 7) is 5.71. The van der Waals surface area contributed by atoms with Crippen LogP contribution in [0.2, 0.25) is 0 Å². The number of aliphatic hydroxyl groups is 1. The first-order valence-corrected chi connectivity index (χ1v) is 43.9. The van der Waals surface area contributed by atoms with E-state index in [9.17, 15) is 58.2 Å². The third kappa shape index (κ3) is 28.7. The predicted octanol–water partition coefficient (Wildman–Crippen LogP) is -3.57. The number of likely N-dealkylation sites (tertiary alicyclic amines) is 1. The van der Waals surface area contributed by atoms with Crippen molar-refractivity contribution in [1.82, 2.24) is 79.3 Å². The maximum Gasteiger partial charge on any atom is 0.305 e. The van der Waals surface area contributed by atoms with Crippen molar-refractivity contribution in [1.29, 1.82) is 0 Å². The second kappa shape index (κ2) is 46.0. The molecule has 7 aliphatic rings. The first kappa shape index (κ1) is 93.1. The number of carbonyl (C=O) groups is 17. The van der Waals surface area contributed by atoms with Crippen LogP contribution in [0, 0.1) is 35.5 Å². The molecule has 0 bridgehead atoms. The molecule has 7 fully saturated rings. The molecule has 7 rings (SSSR count). The van der Waals surface area contributed by atoms with Gasteiger partial charge < -0.3 is 107 Å². The Hall–Kier alpha value is -8.08. The zero-order valence-electron chi connectivity index (χ0n) is 65.8. The molecule has 0 aromatic carbocycles. The van der Waals surface area contributed by atoms with E-state index < -0.39 is 223 Å². The molecule has 638 valence electrons. The van der Waals surface area contributed by atoms with E-state index in [0.29, 0.717) is 18.8 Å². The van der Waals surface area contributed by atoms with Crippen molar-refractivity contribution >= 4 is 134 Å². The van der Waals surface area contributed by atoms with Crippen LogP contribution in [0.25, 0.3) is 0 Å². The fourth-order valence-corrected chi connectivity index (χ4v) is 19.4. The number of carbonyl (C=O) groups excluding carboxylic acids is 16. The van der Waals surface area contributed by atoms with Gasteiger partial charge in [0.25, 0.3) is 0 Å². The number of carboxylic acids is 1. The lowest BCUT2D eigenvalue weighted by Crippen LogP contribution is -2.61. The third-order valence-corrected chi connectivity index (χ3v) is 25.7. The minimum atomic E-state index is -2.07. The third-order valence-electron chi connectivity index (χ3n) is 22.7. The summed E-state index contributed by atoms with van der Waals surface area (Å²) < 4.78 is 0. The highest BCUT2D eigenvalue weighted by molar-refractivity contribution is 8.76. The Kier molecular flexibility index (Phi) is 37.6. The van der Waals surface area contributed by atoms with E-state index in [1.54, 1.807) is 20.1 Å². The number of hydrogen-bond donors (Lipinski definition) is 19. The first-order valence-electron chi connectivity index (χ1n) is 40.0. The summed E-state index contributed by atoms with van der Waals surface area (Å²) in [7, 11) is 1.62. The largest absolute Gasteiger partial charge is 0.481 e. The van der Waals surface area contributed by atoms with Crippen molar-refractivity contribution < 1.29 is 91.7 Å². The lowest BCUT2D eigenvalue weighted by atomic mass is 9.77. The van der Waals surface area contributed by atoms with Gasteiger partial charge in [0.05, 0.1) is 19.4 Å². The van der Waals surface area contributed by atoms with Crippen LogP contribution in [-0.2, 0) is 81.5 Å². The van der Waals surface area contributed by atoms with Gasteiger partial charge in [0.2, 0.25) is 94.5 Å². The highest BCUT2D eigenvalue weighted by atomic mass is 33.1. The SMILES string of the molecule is CSCC[C@H](NC(C)=O)C(=O)N[C@@H](CO)C(=O)N[C@@H](CC(=O)O)C(=O)N[C@H]1CSSC[C@@H](C(=O)N2CCC[C@H]2C(=O)N[C@@H](CC2CCCCC2)C(=O)N[C@H](C)C(N)=O)NC(=O)[C@H](CC(N)=O)NC(=O)[C@H](CC2CNC3CCCCC23)NC(=O)[C@H](CCC(N)=O)NC(=O)[C@H](CC(C)C)NC(=O)[C@H](CC2CNC3CCCCC23)NC1=O. The molecule has 16 amide bonds. The summed E-state index contributed by atoms with van der Waals surface area (Å²) in [4.78, 5) is 242. The smallest absolute Gasteiger partial charge is 0.305 e. The van der Waals surface area contributed by atoms with Crippen LogP contribution >= 0.6 is 33.3 Å². The Morgan fingerprint density at radius 2 is 1.08 bits per heavy atom. The quantitative estimate of drug-likeness (QED) is 0.0290. The number of fused-ring (bicyclic) bond motifs is 2. The number of aliphatic hydroxyl groups excluding tert-OH is 1. The van der Waals surface area contributed by atoms with Crippen molar-refractivity contribution in [2.24, 2.45) is 52.7 Å². The molecule has 6 unspecified atom stereocenters. The van der Waals surface area contributed by atoms with Crippen LogP contribution in [0.3, 0.4) is 0 Å². The molecule has 0 aromatic heterocycles. The molecule has 19 atom stereocenters. The van der Waals surface area contributed by atoms with Gasteiger partial charge in [-0.3, -0.25) is 81.5 Å². The maximum absolute atomic E-state index is 15.6. The summed E-state index contributed by atoms with van der Waals surface area (Å²) >= 11 is 1.35. The zero-order valence-corrected chi connectivity index (χ0v) is 68.2. The van der Waals surface area contributed by atoms with Gasteiger partial charge in [-0.25, -0.2) is 0 Å². The van der Waals surface area contributed by atoms with Gasteiger partial charge in [-0.1, -0.05) is 93.2 Å². The molecular formula is C74H120N18O19S3. The number of nitrogens with zero attached hydrogens (tertiary/aromatic N) is 1. The van der Waals surface area contributed by atoms with Crippen LogP contribution in [0.4, 0.5) is 0 Å². The summed E-state index contributed by atoms with van der Waals surface area (Å²) in [5.74, 6) is -18.4. The molecule has 114 heavy (non-hydrogen) atoms. The molecular weight excluding hydrogens is 1540 g/mol. The molecule has 0 spiro atoms. The molecule has 22 N–H and O–H groups in total. The Balaban J connectivity index is 1.32. The second-order valence-electron chi connectivity index (χ2n) is 31.8. The first-order chi connectivity index (χ1) is 54.2. The van der Waals surface area contributed by atoms with Gasteiger partial charge in [-0.15, -0.1) is 0 Å². The number of aliphatic carboxylic acids is 1. The predicted molar refractivity (Wildman–Crippen MR) is 422 cm³/mol. The number of carboxylic acid groups (broad SMARTS) is 1. The van der Waals surface area contributed by atoms with Crippen molar-refractivity contribution in [2.45, 2.75) is 272 Å². The molecule has 4 aliphatic heterocycles. The van der Waals surface area contributed by atoms with Crippen LogP contribution in [0.15, 0.2) is 0 Å². The molecule has 3 aliphatic carbocycles. The van der Waals surface area contributed by atoms with E-state index >= 15 is 33.6 Å². The van der Waals surface area contributed by atoms with Gasteiger partial charge in [0, 0.05) is 43.5 Å². The van der Waals surface area contributed by atoms with E-state index in [0.717, 1.165) is 112 Å². The van der Waals surface area contributed by atoms with Crippen LogP contribution in [0.1, 0.15) is 182 Å². The summed E-state index contributed by atoms with van der Waals surface area (Å²) in [5, 5.41) is 59.0. The Labute approximate surface area is 676 Å². The average molecular weight is 1660 g/mol. The van der Waals surface area contributed by atoms with Gasteiger partial charge in [0.15, 0.2) is 0 Å². The fraction of sp³-hybridized carbons (Fsp3) is 0.770. The number of primary amides is 3. The molecule has 37 nitrogen and oxygen atoms in total. The van der Waals surface area contributed by atoms with Crippen molar-refractivity contribution in [3.05, 3.63) is 0 Å². The van der Waals surface area contributed by atoms with E-state index in [4.69, 9.17) is 17.2 Å². The minimum Gasteiger partial charge on any atom is -0.481 e. The molecule has 3 saturated carbocycles. The maximum atomic E-state index is 15.6. The van der Waals surface area contributed by atoms with E-state index in [1.165, 1.54) is 23.6 Å². The van der Waals surface area contributed by atoms with E-state index in [1.807, 2.05) is 0 Å². The summed E-state index contributed by atoms with van der Waals surface area (Å²) in [6, 6.07) is -20.2. The average Bonchev–Trinajstić information content (AvgIpc) is 1.64. The Morgan fingerprint density at radius 3 is 1.65 bits per heavy atom. The second-order valence-corrected chi connectivity index (χ2v) is 35.3. The lowest BCUT2D eigenvalue weighted by molar-refractivity contribution is -0.142. The van der Waals surface area contributed by atoms with Crippen molar-refractivity contribution in [2.75, 3.05) is 49.8 Å². The molecule has 4 saturated heterocycles. The van der Waals surface area contributed by atoms with E-state index in [-0.39, 0.29) is 99.1 Å². The van der Waals surface area contributed by atoms with Crippen molar-refractivity contribution in [3.8, 4) is 0 Å². The molecule has 0 aromatic rings. The molecule has 4 heterocycles. The summed E-state index contributed by atoms with van der Waals surface area (Å²) in [6.07, 6.45) is 10.3. The number of rotatable bonds is 32. The summed E-state index contributed by atoms with van der Waals surface area (Å²) in [5.41, 5.74) is 17.0. The lowest BCUT2D eigenvalue weighted by Gasteiger charge is -2.32. The van der Waals surface area contributed by atoms with Gasteiger partial charge in [0.1, 0.15) is 78.5 Å². The normalized spacial score (nSPS) is 28.4. The number of thioether (sulfide) groups is 1. The van der Waals surface area contributed by atoms with Crippen LogP contribution in [-0.4, -0.2) is 256 Å². The number of nitrogens with two attached hydrogens (primary N) is 3. The van der Waals surface area contributed by atoms with Gasteiger partial charge in [-0.05, 0) is 145 Å². The van der Waals surface area contributed by atoms with Gasteiger partial charge in [-0.2, -0.15) is 11.8 Å². The Bertz CT molecular complexity index is 3430. The molecule has 40 heteroatoms. The minimum absolute atomic E-state index is 0.00623.